The van der Waals surface area contributed by atoms with E-state index in [1.807, 2.05) is 36.7 Å². The first-order valence-corrected chi connectivity index (χ1v) is 11.7. The maximum absolute atomic E-state index is 6.49. The van der Waals surface area contributed by atoms with Gasteiger partial charge in [-0.15, -0.1) is 0 Å². The quantitative estimate of drug-likeness (QED) is 0.468. The number of aliphatic imine (C=N–C) groups is 2. The van der Waals surface area contributed by atoms with Crippen molar-refractivity contribution in [2.75, 3.05) is 21.2 Å². The lowest BCUT2D eigenvalue weighted by atomic mass is 9.92. The van der Waals surface area contributed by atoms with Crippen molar-refractivity contribution >= 4 is 17.7 Å². The summed E-state index contributed by atoms with van der Waals surface area (Å²) in [5, 5.41) is 0. The van der Waals surface area contributed by atoms with Crippen LogP contribution in [-0.4, -0.2) is 50.4 Å². The van der Waals surface area contributed by atoms with Crippen molar-refractivity contribution in [1.29, 1.82) is 0 Å². The number of benzene rings is 1. The summed E-state index contributed by atoms with van der Waals surface area (Å²) in [5.41, 5.74) is 4.52. The van der Waals surface area contributed by atoms with Crippen LogP contribution in [0.1, 0.15) is 57.9 Å². The summed E-state index contributed by atoms with van der Waals surface area (Å²) in [7, 11) is 5.96. The predicted molar refractivity (Wildman–Crippen MR) is 134 cm³/mol. The summed E-state index contributed by atoms with van der Waals surface area (Å²) in [6.07, 6.45) is 14.0. The van der Waals surface area contributed by atoms with Crippen molar-refractivity contribution in [3.05, 3.63) is 59.5 Å². The van der Waals surface area contributed by atoms with Crippen LogP contribution in [0.15, 0.2) is 63.9 Å². The Bertz CT molecular complexity index is 925. The normalized spacial score (nSPS) is 20.2. The van der Waals surface area contributed by atoms with Crippen LogP contribution < -0.4 is 4.74 Å². The smallest absolute Gasteiger partial charge is 0.221 e. The Morgan fingerprint density at radius 3 is 2.84 bits per heavy atom. The van der Waals surface area contributed by atoms with Gasteiger partial charge in [0.05, 0.1) is 18.8 Å². The van der Waals surface area contributed by atoms with Gasteiger partial charge in [0.1, 0.15) is 11.9 Å². The molecule has 0 N–H and O–H groups in total. The number of ether oxygens (including phenoxy) is 2. The fourth-order valence-electron chi connectivity index (χ4n) is 4.27. The topological polar surface area (TPSA) is 46.4 Å². The zero-order chi connectivity index (χ0) is 22.9. The lowest BCUT2D eigenvalue weighted by Crippen LogP contribution is -2.32. The molecular weight excluding hydrogens is 398 g/mol. The van der Waals surface area contributed by atoms with Gasteiger partial charge >= 0.3 is 0 Å². The minimum atomic E-state index is -0.145. The van der Waals surface area contributed by atoms with E-state index in [1.54, 1.807) is 7.11 Å². The van der Waals surface area contributed by atoms with E-state index in [0.29, 0.717) is 11.9 Å². The first kappa shape index (κ1) is 24.0. The van der Waals surface area contributed by atoms with Gasteiger partial charge < -0.3 is 14.4 Å². The monoisotopic (exact) mass is 435 g/mol. The molecule has 2 unspecified atom stereocenters. The molecule has 0 bridgehead atoms. The predicted octanol–water partition coefficient (Wildman–Crippen LogP) is 6.04. The van der Waals surface area contributed by atoms with E-state index in [-0.39, 0.29) is 6.10 Å². The van der Waals surface area contributed by atoms with Crippen molar-refractivity contribution in [2.24, 2.45) is 9.98 Å². The lowest BCUT2D eigenvalue weighted by Gasteiger charge is -2.30. The first-order valence-electron chi connectivity index (χ1n) is 11.7. The summed E-state index contributed by atoms with van der Waals surface area (Å²) in [6.45, 7) is 4.38. The van der Waals surface area contributed by atoms with E-state index in [4.69, 9.17) is 14.5 Å². The molecule has 1 aromatic rings. The maximum Gasteiger partial charge on any atom is 0.221 e. The number of allylic oxidation sites excluding steroid dienone is 3. The van der Waals surface area contributed by atoms with E-state index < -0.39 is 0 Å². The van der Waals surface area contributed by atoms with Gasteiger partial charge in [0, 0.05) is 23.6 Å². The average molecular weight is 436 g/mol. The minimum absolute atomic E-state index is 0.145. The standard InChI is InChI=1S/C27H37N3O2/c1-6-12-21(19-29-26-20(2)13-11-16-24(26)30(3)4)32-27-23(15-9-10-18-28-27)22-14-7-8-17-25(22)31-5/h7-8,10,14-15,17-19,21,24H,6,9,11-13,16H2,1-5H3/b29-19-. The Morgan fingerprint density at radius 2 is 2.09 bits per heavy atom. The molecule has 0 aromatic heterocycles. The molecule has 0 fully saturated rings. The van der Waals surface area contributed by atoms with Gasteiger partial charge in [0.2, 0.25) is 5.90 Å². The maximum atomic E-state index is 6.49. The summed E-state index contributed by atoms with van der Waals surface area (Å²) in [5.74, 6) is 1.43. The molecular formula is C27H37N3O2. The van der Waals surface area contributed by atoms with Crippen LogP contribution in [0.2, 0.25) is 0 Å². The van der Waals surface area contributed by atoms with Gasteiger partial charge in [-0.05, 0) is 59.2 Å². The second-order valence-corrected chi connectivity index (χ2v) is 8.63. The second-order valence-electron chi connectivity index (χ2n) is 8.63. The SMILES string of the molecule is CCCC(/C=N\C1=C(C)CCCC1N(C)C)OC1=NC=CCC=C1c1ccccc1OC. The number of hydrogen-bond acceptors (Lipinski definition) is 5. The van der Waals surface area contributed by atoms with Gasteiger partial charge in [-0.1, -0.05) is 49.3 Å². The van der Waals surface area contributed by atoms with E-state index >= 15 is 0 Å². The number of rotatable bonds is 8. The largest absolute Gasteiger partial charge is 0.496 e. The van der Waals surface area contributed by atoms with E-state index in [2.05, 4.69) is 50.0 Å². The third kappa shape index (κ3) is 5.98. The molecule has 1 aliphatic carbocycles. The molecule has 0 amide bonds. The molecule has 0 saturated heterocycles. The summed E-state index contributed by atoms with van der Waals surface area (Å²) < 4.78 is 12.1. The van der Waals surface area contributed by atoms with Crippen LogP contribution in [0.4, 0.5) is 0 Å². The Morgan fingerprint density at radius 1 is 1.28 bits per heavy atom. The third-order valence-corrected chi connectivity index (χ3v) is 6.00. The molecule has 0 saturated carbocycles. The molecule has 0 radical (unpaired) electrons. The van der Waals surface area contributed by atoms with Crippen molar-refractivity contribution in [3.8, 4) is 5.75 Å². The van der Waals surface area contributed by atoms with Gasteiger partial charge in [-0.3, -0.25) is 4.99 Å². The molecule has 32 heavy (non-hydrogen) atoms. The summed E-state index contributed by atoms with van der Waals surface area (Å²) in [6, 6.07) is 8.37. The fraction of sp³-hybridized carbons (Fsp3) is 0.481. The van der Waals surface area contributed by atoms with Crippen molar-refractivity contribution < 1.29 is 9.47 Å². The molecule has 5 heteroatoms. The number of para-hydroxylation sites is 1. The summed E-state index contributed by atoms with van der Waals surface area (Å²) >= 11 is 0. The van der Waals surface area contributed by atoms with Crippen molar-refractivity contribution in [1.82, 2.24) is 4.90 Å². The molecule has 0 spiro atoms. The molecule has 2 aliphatic rings. The van der Waals surface area contributed by atoms with Crippen LogP contribution in [0.25, 0.3) is 5.57 Å². The van der Waals surface area contributed by atoms with Gasteiger partial charge in [-0.2, -0.15) is 0 Å². The fourth-order valence-corrected chi connectivity index (χ4v) is 4.27. The minimum Gasteiger partial charge on any atom is -0.496 e. The number of nitrogens with zero attached hydrogens (tertiary/aromatic N) is 3. The van der Waals surface area contributed by atoms with Crippen LogP contribution in [0, 0.1) is 0 Å². The van der Waals surface area contributed by atoms with Crippen LogP contribution in [0.5, 0.6) is 5.75 Å². The van der Waals surface area contributed by atoms with Crippen molar-refractivity contribution in [2.45, 2.75) is 64.5 Å². The molecule has 1 heterocycles. The van der Waals surface area contributed by atoms with Crippen LogP contribution in [-0.2, 0) is 4.74 Å². The van der Waals surface area contributed by atoms with Crippen molar-refractivity contribution in [3.63, 3.8) is 0 Å². The van der Waals surface area contributed by atoms with E-state index in [1.165, 1.54) is 17.7 Å². The highest BCUT2D eigenvalue weighted by molar-refractivity contribution is 6.21. The molecule has 1 aromatic carbocycles. The molecule has 5 nitrogen and oxygen atoms in total. The molecule has 172 valence electrons. The zero-order valence-electron chi connectivity index (χ0n) is 20.2. The highest BCUT2D eigenvalue weighted by Gasteiger charge is 2.24. The Hall–Kier alpha value is -2.66. The third-order valence-electron chi connectivity index (χ3n) is 6.00. The Balaban J connectivity index is 1.87. The number of hydrogen-bond donors (Lipinski definition) is 0. The lowest BCUT2D eigenvalue weighted by molar-refractivity contribution is 0.249. The zero-order valence-corrected chi connectivity index (χ0v) is 20.2. The number of likely N-dealkylation sites (N-methyl/N-ethyl adjacent to an activating group) is 1. The average Bonchev–Trinajstić information content (AvgIpc) is 3.03. The highest BCUT2D eigenvalue weighted by atomic mass is 16.5. The molecule has 2 atom stereocenters. The Kier molecular flexibility index (Phi) is 8.86. The highest BCUT2D eigenvalue weighted by Crippen LogP contribution is 2.30. The van der Waals surface area contributed by atoms with E-state index in [0.717, 1.165) is 49.0 Å². The van der Waals surface area contributed by atoms with Gasteiger partial charge in [-0.25, -0.2) is 4.99 Å². The second kappa shape index (κ2) is 11.8. The van der Waals surface area contributed by atoms with Crippen LogP contribution in [0.3, 0.4) is 0 Å². The molecule has 3 rings (SSSR count). The van der Waals surface area contributed by atoms with Gasteiger partial charge in [0.25, 0.3) is 0 Å². The Labute approximate surface area is 193 Å². The van der Waals surface area contributed by atoms with Crippen LogP contribution >= 0.6 is 0 Å². The van der Waals surface area contributed by atoms with E-state index in [9.17, 15) is 0 Å². The molecule has 1 aliphatic heterocycles. The summed E-state index contributed by atoms with van der Waals surface area (Å²) in [4.78, 5) is 11.9. The number of methoxy groups -OCH3 is 1. The first-order chi connectivity index (χ1) is 15.5. The van der Waals surface area contributed by atoms with Gasteiger partial charge in [0.15, 0.2) is 0 Å².